The molecule has 2 aromatic heterocycles. The summed E-state index contributed by atoms with van der Waals surface area (Å²) >= 11 is 0. The number of aryl methyl sites for hydroxylation is 4. The maximum atomic E-state index is 12.9. The minimum atomic E-state index is -0.736. The highest BCUT2D eigenvalue weighted by Crippen LogP contribution is 2.46. The molecule has 0 saturated carbocycles. The lowest BCUT2D eigenvalue weighted by Gasteiger charge is -2.36. The summed E-state index contributed by atoms with van der Waals surface area (Å²) in [5.74, 6) is 1.05. The van der Waals surface area contributed by atoms with Gasteiger partial charge in [0.25, 0.3) is 0 Å². The summed E-state index contributed by atoms with van der Waals surface area (Å²) < 4.78 is 28.6. The van der Waals surface area contributed by atoms with Gasteiger partial charge in [-0.1, -0.05) is 50.2 Å². The number of benzene rings is 2. The number of fused-ring (bicyclic) bond motifs is 6. The van der Waals surface area contributed by atoms with Crippen molar-refractivity contribution in [3.8, 4) is 11.5 Å². The summed E-state index contributed by atoms with van der Waals surface area (Å²) in [6.07, 6.45) is 5.39. The number of carbonyl (C=O) groups is 3. The van der Waals surface area contributed by atoms with Gasteiger partial charge >= 0.3 is 18.0 Å². The predicted octanol–water partition coefficient (Wildman–Crippen LogP) is 6.44. The number of aromatic nitrogens is 2. The Bertz CT molecular complexity index is 2130. The minimum absolute atomic E-state index is 0.214. The lowest BCUT2D eigenvalue weighted by molar-refractivity contribution is -0.146. The number of ether oxygens (including phenoxy) is 5. The molecule has 0 bridgehead atoms. The molecule has 4 atom stereocenters. The summed E-state index contributed by atoms with van der Waals surface area (Å²) in [6.45, 7) is 10.5. The summed E-state index contributed by atoms with van der Waals surface area (Å²) in [4.78, 5) is 48.3. The summed E-state index contributed by atoms with van der Waals surface area (Å²) in [6, 6.07) is 15.3. The van der Waals surface area contributed by atoms with Gasteiger partial charge in [-0.15, -0.1) is 0 Å². The molecule has 55 heavy (non-hydrogen) atoms. The second-order valence-electron chi connectivity index (χ2n) is 16.1. The molecule has 1 N–H and O–H groups in total. The third-order valence-electron chi connectivity index (χ3n) is 11.2. The average Bonchev–Trinajstić information content (AvgIpc) is 3.77. The Morgan fingerprint density at radius 2 is 1.33 bits per heavy atom. The number of methoxy groups -OCH3 is 2. The molecule has 4 aliphatic heterocycles. The molecule has 2 spiro atoms. The molecule has 4 aliphatic rings. The van der Waals surface area contributed by atoms with Crippen molar-refractivity contribution in [2.24, 2.45) is 0 Å². The van der Waals surface area contributed by atoms with Crippen LogP contribution >= 0.6 is 0 Å². The van der Waals surface area contributed by atoms with Crippen LogP contribution in [0, 0.1) is 0 Å². The zero-order valence-corrected chi connectivity index (χ0v) is 33.0. The molecular formula is C43H52N4O8. The first-order chi connectivity index (χ1) is 26.3. The Labute approximate surface area is 322 Å². The van der Waals surface area contributed by atoms with Crippen LogP contribution in [-0.2, 0) is 49.5 Å². The quantitative estimate of drug-likeness (QED) is 0.182. The number of para-hydroxylation sites is 2. The zero-order chi connectivity index (χ0) is 39.1. The Kier molecular flexibility index (Phi) is 10.4. The topological polar surface area (TPSA) is 138 Å². The van der Waals surface area contributed by atoms with Crippen LogP contribution in [-0.4, -0.2) is 89.1 Å². The van der Waals surface area contributed by atoms with Gasteiger partial charge in [0.1, 0.15) is 40.4 Å². The number of amides is 1. The highest BCUT2D eigenvalue weighted by molar-refractivity contribution is 5.87. The van der Waals surface area contributed by atoms with E-state index in [-0.39, 0.29) is 24.2 Å². The monoisotopic (exact) mass is 752 g/mol. The molecule has 1 amide bonds. The van der Waals surface area contributed by atoms with E-state index in [9.17, 15) is 14.4 Å². The van der Waals surface area contributed by atoms with E-state index in [0.29, 0.717) is 25.8 Å². The number of esters is 2. The van der Waals surface area contributed by atoms with Gasteiger partial charge in [0.2, 0.25) is 0 Å². The molecule has 6 heterocycles. The summed E-state index contributed by atoms with van der Waals surface area (Å²) in [5, 5.41) is 5.52. The fraction of sp³-hybridized carbons (Fsp3) is 0.512. The van der Waals surface area contributed by atoms with Crippen LogP contribution in [0.15, 0.2) is 48.5 Å². The van der Waals surface area contributed by atoms with Crippen molar-refractivity contribution in [3.63, 3.8) is 0 Å². The Morgan fingerprint density at radius 1 is 0.800 bits per heavy atom. The van der Waals surface area contributed by atoms with Crippen molar-refractivity contribution in [1.82, 2.24) is 20.2 Å². The van der Waals surface area contributed by atoms with Crippen LogP contribution in [0.1, 0.15) is 82.8 Å². The van der Waals surface area contributed by atoms with Gasteiger partial charge in [-0.3, -0.25) is 9.69 Å². The van der Waals surface area contributed by atoms with E-state index in [2.05, 4.69) is 37.4 Å². The molecule has 2 fully saturated rings. The summed E-state index contributed by atoms with van der Waals surface area (Å²) in [7, 11) is 2.76. The molecule has 2 saturated heterocycles. The average molecular weight is 753 g/mol. The van der Waals surface area contributed by atoms with E-state index < -0.39 is 29.3 Å². The van der Waals surface area contributed by atoms with Gasteiger partial charge in [0.15, 0.2) is 0 Å². The van der Waals surface area contributed by atoms with Crippen LogP contribution in [0.5, 0.6) is 11.5 Å². The largest absolute Gasteiger partial charge is 0.484 e. The minimum Gasteiger partial charge on any atom is -0.484 e. The van der Waals surface area contributed by atoms with Crippen LogP contribution in [0.3, 0.4) is 0 Å². The van der Waals surface area contributed by atoms with Crippen LogP contribution in [0.2, 0.25) is 0 Å². The molecule has 12 heteroatoms. The number of nitrogens with zero attached hydrogens (tertiary/aromatic N) is 3. The number of nitrogens with one attached hydrogen (secondary N) is 1. The zero-order valence-electron chi connectivity index (χ0n) is 33.0. The molecule has 0 radical (unpaired) electrons. The van der Waals surface area contributed by atoms with Gasteiger partial charge < -0.3 is 29.0 Å². The molecule has 4 aromatic rings. The van der Waals surface area contributed by atoms with Crippen molar-refractivity contribution in [3.05, 3.63) is 71.0 Å². The predicted molar refractivity (Wildman–Crippen MR) is 207 cm³/mol. The molecular weight excluding hydrogens is 700 g/mol. The molecule has 2 aromatic carbocycles. The number of pyridine rings is 2. The van der Waals surface area contributed by atoms with Gasteiger partial charge in [-0.05, 0) is 71.4 Å². The maximum absolute atomic E-state index is 12.9. The van der Waals surface area contributed by atoms with E-state index in [1.165, 1.54) is 30.1 Å². The van der Waals surface area contributed by atoms with Crippen LogP contribution in [0.4, 0.5) is 4.79 Å². The third kappa shape index (κ3) is 7.40. The van der Waals surface area contributed by atoms with Gasteiger partial charge in [0.05, 0.1) is 43.2 Å². The smallest absolute Gasteiger partial charge is 0.411 e. The van der Waals surface area contributed by atoms with E-state index >= 15 is 0 Å². The molecule has 0 aliphatic carbocycles. The normalized spacial score (nSPS) is 24.0. The fourth-order valence-corrected chi connectivity index (χ4v) is 8.56. The van der Waals surface area contributed by atoms with Gasteiger partial charge in [-0.2, -0.15) is 0 Å². The molecule has 2 unspecified atom stereocenters. The number of hydrogen-bond acceptors (Lipinski definition) is 11. The van der Waals surface area contributed by atoms with Crippen molar-refractivity contribution < 1.29 is 38.1 Å². The van der Waals surface area contributed by atoms with Gasteiger partial charge in [-0.25, -0.2) is 19.6 Å². The molecule has 292 valence electrons. The van der Waals surface area contributed by atoms with Crippen molar-refractivity contribution in [1.29, 1.82) is 0 Å². The van der Waals surface area contributed by atoms with Crippen molar-refractivity contribution in [2.45, 2.75) is 115 Å². The number of likely N-dealkylation sites (tertiary alicyclic amines) is 1. The number of carbonyl (C=O) groups excluding carboxylic acids is 3. The Morgan fingerprint density at radius 3 is 1.85 bits per heavy atom. The van der Waals surface area contributed by atoms with E-state index in [1.807, 2.05) is 51.1 Å². The van der Waals surface area contributed by atoms with Crippen LogP contribution in [0.25, 0.3) is 21.8 Å². The fourth-order valence-electron chi connectivity index (χ4n) is 8.56. The van der Waals surface area contributed by atoms with Crippen molar-refractivity contribution >= 4 is 39.8 Å². The first kappa shape index (κ1) is 38.3. The Hall–Kier alpha value is -4.97. The maximum Gasteiger partial charge on any atom is 0.411 e. The second kappa shape index (κ2) is 14.9. The summed E-state index contributed by atoms with van der Waals surface area (Å²) in [5.41, 5.74) is 4.64. The SMILES string of the molecule is CCc1nc2ccccc2c2c1OC1(CC2)CN[C@H](C(=O)OC)C1.CCc1nc2ccccc2c2c1OC1(CC2)C[C@@H](C(=O)OC)N(C(=O)OC(C)(C)C)C1. The highest BCUT2D eigenvalue weighted by Gasteiger charge is 2.54. The first-order valence-electron chi connectivity index (χ1n) is 19.4. The lowest BCUT2D eigenvalue weighted by Crippen LogP contribution is -2.46. The van der Waals surface area contributed by atoms with Crippen LogP contribution < -0.4 is 14.8 Å². The third-order valence-corrected chi connectivity index (χ3v) is 11.2. The second-order valence-corrected chi connectivity index (χ2v) is 16.1. The van der Waals surface area contributed by atoms with E-state index in [1.54, 1.807) is 0 Å². The van der Waals surface area contributed by atoms with E-state index in [0.717, 1.165) is 77.0 Å². The lowest BCUT2D eigenvalue weighted by atomic mass is 9.87. The highest BCUT2D eigenvalue weighted by atomic mass is 16.6. The standard InChI is InChI=1S/C24H30N2O5.C19H22N2O3/c1-6-17-20-16(15-9-7-8-10-18(15)25-17)11-12-24(30-20)13-19(21(27)29-5)26(14-24)22(28)31-23(2,3)4;1-3-14-17-13(12-6-4-5-7-15(12)21-14)8-9-19(24-17)10-16(20-11-19)18(22)23-2/h7-10,19H,6,11-14H2,1-5H3;4-7,16,20H,3,8-11H2,1-2H3/t19-,24?;16-,19?/m00/s1. The first-order valence-corrected chi connectivity index (χ1v) is 19.4. The molecule has 8 rings (SSSR count). The number of rotatable bonds is 4. The van der Waals surface area contributed by atoms with Gasteiger partial charge in [0, 0.05) is 41.3 Å². The molecule has 12 nitrogen and oxygen atoms in total. The van der Waals surface area contributed by atoms with Crippen molar-refractivity contribution in [2.75, 3.05) is 27.3 Å². The number of hydrogen-bond donors (Lipinski definition) is 1. The van der Waals surface area contributed by atoms with E-state index in [4.69, 9.17) is 33.7 Å². The Balaban J connectivity index is 0.000000174.